The number of nitrogens with zero attached hydrogens (tertiary/aromatic N) is 3. The molecule has 1 saturated heterocycles. The van der Waals surface area contributed by atoms with E-state index in [1.54, 1.807) is 30.2 Å². The number of ether oxygens (including phenoxy) is 4. The summed E-state index contributed by atoms with van der Waals surface area (Å²) < 4.78 is 23.7. The largest absolute Gasteiger partial charge is 0.507 e. The Balaban J connectivity index is 1.69. The summed E-state index contributed by atoms with van der Waals surface area (Å²) in [6, 6.07) is 0. The number of carbonyl (C=O) groups is 3. The maximum atomic E-state index is 14.4. The molecule has 4 aliphatic rings. The number of carbonyl (C=O) groups excluding carboxylic acids is 3. The number of esters is 1. The number of rotatable bonds is 4. The van der Waals surface area contributed by atoms with Gasteiger partial charge in [0.05, 0.1) is 46.9 Å². The van der Waals surface area contributed by atoms with Crippen LogP contribution >= 0.6 is 0 Å². The van der Waals surface area contributed by atoms with E-state index in [-0.39, 0.29) is 56.3 Å². The summed E-state index contributed by atoms with van der Waals surface area (Å²) in [5.74, 6) is -6.83. The van der Waals surface area contributed by atoms with E-state index in [1.165, 1.54) is 40.4 Å². The minimum Gasteiger partial charge on any atom is -0.507 e. The number of fused-ring (bicyclic) bond motifs is 14. The first-order valence-corrected chi connectivity index (χ1v) is 19.7. The Morgan fingerprint density at radius 1 is 1.00 bits per heavy atom. The summed E-state index contributed by atoms with van der Waals surface area (Å²) in [7, 11) is 3.47. The van der Waals surface area contributed by atoms with Crippen molar-refractivity contribution < 1.29 is 53.8 Å². The number of aliphatic hydroxyl groups excluding tert-OH is 1. The molecule has 2 aromatic rings. The number of phenols is 3. The number of aliphatic hydroxyl groups is 1. The van der Waals surface area contributed by atoms with E-state index in [1.807, 2.05) is 40.8 Å². The lowest BCUT2D eigenvalue weighted by molar-refractivity contribution is -0.159. The van der Waals surface area contributed by atoms with Gasteiger partial charge in [0.2, 0.25) is 0 Å². The van der Waals surface area contributed by atoms with E-state index in [4.69, 9.17) is 18.9 Å². The fourth-order valence-electron chi connectivity index (χ4n) is 7.99. The summed E-state index contributed by atoms with van der Waals surface area (Å²) in [6.07, 6.45) is 7.55. The number of amides is 1. The van der Waals surface area contributed by atoms with Gasteiger partial charge in [0.25, 0.3) is 11.7 Å². The second-order valence-electron chi connectivity index (χ2n) is 16.1. The van der Waals surface area contributed by atoms with Crippen LogP contribution in [0.15, 0.2) is 41.2 Å². The number of hydrogen-bond donors (Lipinski definition) is 5. The Morgan fingerprint density at radius 3 is 2.31 bits per heavy atom. The molecule has 0 aliphatic carbocycles. The number of methoxy groups -OCH3 is 1. The molecule has 6 rings (SSSR count). The smallest absolute Gasteiger partial charge is 0.312 e. The molecule has 0 aromatic heterocycles. The Bertz CT molecular complexity index is 2040. The minimum absolute atomic E-state index is 0.0243. The molecule has 316 valence electrons. The lowest BCUT2D eigenvalue weighted by Gasteiger charge is -2.36. The Morgan fingerprint density at radius 2 is 1.67 bits per heavy atom. The monoisotopic (exact) mass is 806 g/mol. The maximum absolute atomic E-state index is 14.4. The van der Waals surface area contributed by atoms with Crippen LogP contribution in [-0.2, 0) is 23.8 Å². The third-order valence-electron chi connectivity index (χ3n) is 11.6. The molecule has 4 aliphatic heterocycles. The summed E-state index contributed by atoms with van der Waals surface area (Å²) in [6.45, 7) is 15.9. The number of benzene rings is 2. The van der Waals surface area contributed by atoms with Crippen LogP contribution in [0.2, 0.25) is 0 Å². The van der Waals surface area contributed by atoms with E-state index < -0.39 is 70.8 Å². The van der Waals surface area contributed by atoms with Gasteiger partial charge in [-0.1, -0.05) is 45.9 Å². The number of ketones is 1. The third-order valence-corrected chi connectivity index (χ3v) is 11.6. The van der Waals surface area contributed by atoms with Crippen LogP contribution in [0.5, 0.6) is 23.0 Å². The normalized spacial score (nSPS) is 29.1. The number of likely N-dealkylation sites (N-methyl/N-ethyl adjacent to an activating group) is 1. The molecular weight excluding hydrogens is 748 g/mol. The van der Waals surface area contributed by atoms with Crippen molar-refractivity contribution in [1.82, 2.24) is 9.91 Å². The predicted octanol–water partition coefficient (Wildman–Crippen LogP) is 5.36. The number of Topliss-reactive ketones (excluding diaryl/α,β-unsaturated/α-hetero) is 1. The van der Waals surface area contributed by atoms with Crippen molar-refractivity contribution in [2.75, 3.05) is 45.7 Å². The molecule has 5 N–H and O–H groups in total. The average molecular weight is 807 g/mol. The van der Waals surface area contributed by atoms with Gasteiger partial charge < -0.3 is 49.6 Å². The highest BCUT2D eigenvalue weighted by Gasteiger charge is 2.50. The fraction of sp³-hybridized carbons (Fsp3) is 0.535. The highest BCUT2D eigenvalue weighted by molar-refractivity contribution is 6.23. The Kier molecular flexibility index (Phi) is 13.5. The number of phenolic OH excluding ortho intramolecular Hbond substituents is 3. The number of piperazine rings is 1. The zero-order valence-electron chi connectivity index (χ0n) is 35.0. The minimum atomic E-state index is -2.01. The summed E-state index contributed by atoms with van der Waals surface area (Å²) in [4.78, 5) is 42.6. The van der Waals surface area contributed by atoms with Crippen LogP contribution in [-0.4, -0.2) is 119 Å². The molecule has 15 heteroatoms. The predicted molar refractivity (Wildman–Crippen MR) is 219 cm³/mol. The first kappa shape index (κ1) is 44.0. The number of hydrogen-bond acceptors (Lipinski definition) is 14. The van der Waals surface area contributed by atoms with Gasteiger partial charge in [0.15, 0.2) is 5.75 Å². The van der Waals surface area contributed by atoms with Gasteiger partial charge in [-0.2, -0.15) is 5.10 Å². The van der Waals surface area contributed by atoms with Crippen LogP contribution in [0.1, 0.15) is 76.4 Å². The molecular formula is C43H58N4O11. The highest BCUT2D eigenvalue weighted by atomic mass is 16.7. The molecule has 1 amide bonds. The molecule has 0 spiro atoms. The van der Waals surface area contributed by atoms with Crippen molar-refractivity contribution in [3.63, 3.8) is 0 Å². The second kappa shape index (κ2) is 17.8. The summed E-state index contributed by atoms with van der Waals surface area (Å²) in [5.41, 5.74) is -0.149. The van der Waals surface area contributed by atoms with Crippen molar-refractivity contribution in [3.8, 4) is 23.0 Å². The lowest BCUT2D eigenvalue weighted by atomic mass is 9.79. The van der Waals surface area contributed by atoms with Crippen LogP contribution in [0.4, 0.5) is 5.69 Å². The number of anilines is 1. The van der Waals surface area contributed by atoms with Crippen molar-refractivity contribution in [1.29, 1.82) is 0 Å². The van der Waals surface area contributed by atoms with Crippen molar-refractivity contribution in [3.05, 3.63) is 52.8 Å². The van der Waals surface area contributed by atoms with E-state index in [0.29, 0.717) is 19.5 Å². The van der Waals surface area contributed by atoms with Gasteiger partial charge >= 0.3 is 11.8 Å². The van der Waals surface area contributed by atoms with Crippen LogP contribution in [0.3, 0.4) is 0 Å². The number of hydrazone groups is 1. The molecule has 5 bridgehead atoms. The average Bonchev–Trinajstić information content (AvgIpc) is 3.44. The standard InChI is InChI=1S/C43H58N4O11/c1-22-12-11-13-23(2)42(54)45-34-29(21-44-47-17-15-46(9)16-18-47)37(51)31-32(38(34)52)36(50)27(6)40-33(31)41(53)43(8,58-40)56-19-14-30(55-10)25(4)39(57-28(7)48)26(5)35(49)24(3)20-22/h11-14,19,21-22,24-26,30,35,39,49-52H,15-18,20H2,1-10H3,(H,45,54)/t22-,24-,25+,26-,30-,35-,39+,43+/m1/s1. The van der Waals surface area contributed by atoms with Crippen LogP contribution in [0.25, 0.3) is 10.8 Å². The van der Waals surface area contributed by atoms with Crippen molar-refractivity contribution in [2.45, 2.75) is 85.9 Å². The SMILES string of the molecule is CO[C@@H]1C=CO[C@@]2(C)Oc3c(C)c(O)c4c(O)c(c(C=NN5CCN(C)CC5)c(O)c4c3C2=O)NC(=O)C(C)=CC=C[C@@H](C)C[C@@H](C)[C@@H](O)[C@@H](C)[C@@H](OC(C)=O)[C@H]1C. The molecule has 0 unspecified atom stereocenters. The molecule has 1 fully saturated rings. The topological polar surface area (TPSA) is 200 Å². The van der Waals surface area contributed by atoms with Gasteiger partial charge in [-0.25, -0.2) is 0 Å². The van der Waals surface area contributed by atoms with Gasteiger partial charge in [0.1, 0.15) is 23.4 Å². The molecule has 15 nitrogen and oxygen atoms in total. The molecule has 2 aromatic carbocycles. The zero-order valence-corrected chi connectivity index (χ0v) is 35.0. The summed E-state index contributed by atoms with van der Waals surface area (Å²) in [5, 5.41) is 55.6. The first-order valence-electron chi connectivity index (χ1n) is 19.7. The maximum Gasteiger partial charge on any atom is 0.312 e. The molecule has 8 atom stereocenters. The second-order valence-corrected chi connectivity index (χ2v) is 16.1. The van der Waals surface area contributed by atoms with E-state index in [9.17, 15) is 34.8 Å². The molecule has 0 radical (unpaired) electrons. The Hall–Kier alpha value is -5.12. The quantitative estimate of drug-likeness (QED) is 0.115. The van der Waals surface area contributed by atoms with Gasteiger partial charge in [-0.05, 0) is 45.2 Å². The van der Waals surface area contributed by atoms with E-state index in [0.717, 1.165) is 13.1 Å². The van der Waals surface area contributed by atoms with E-state index >= 15 is 0 Å². The molecule has 4 heterocycles. The van der Waals surface area contributed by atoms with Crippen molar-refractivity contribution in [2.24, 2.45) is 28.8 Å². The van der Waals surface area contributed by atoms with Crippen molar-refractivity contribution >= 4 is 40.3 Å². The fourth-order valence-corrected chi connectivity index (χ4v) is 7.99. The first-order chi connectivity index (χ1) is 27.3. The van der Waals surface area contributed by atoms with Gasteiger partial charge in [0, 0.05) is 75.5 Å². The summed E-state index contributed by atoms with van der Waals surface area (Å²) >= 11 is 0. The number of aromatic hydroxyl groups is 3. The third kappa shape index (κ3) is 8.81. The number of nitrogens with one attached hydrogen (secondary N) is 1. The van der Waals surface area contributed by atoms with Crippen LogP contribution < -0.4 is 10.1 Å². The highest BCUT2D eigenvalue weighted by Crippen LogP contribution is 2.55. The zero-order chi connectivity index (χ0) is 42.8. The molecule has 0 saturated carbocycles. The Labute approximate surface area is 339 Å². The molecule has 58 heavy (non-hydrogen) atoms. The van der Waals surface area contributed by atoms with Gasteiger partial charge in [-0.3, -0.25) is 19.4 Å². The van der Waals surface area contributed by atoms with Gasteiger partial charge in [-0.15, -0.1) is 0 Å². The number of allylic oxidation sites excluding steroid dienone is 3. The van der Waals surface area contributed by atoms with E-state index in [2.05, 4.69) is 15.3 Å². The lowest BCUT2D eigenvalue weighted by Crippen LogP contribution is -2.44. The van der Waals surface area contributed by atoms with Crippen LogP contribution in [0, 0.1) is 30.6 Å².